The van der Waals surface area contributed by atoms with E-state index in [1.165, 1.54) is 41.1 Å². The van der Waals surface area contributed by atoms with Gasteiger partial charge in [0.2, 0.25) is 10.0 Å². The zero-order chi connectivity index (χ0) is 26.6. The molecule has 0 radical (unpaired) electrons. The first kappa shape index (κ1) is 26.2. The number of nitrogens with one attached hydrogen (secondary N) is 1. The summed E-state index contributed by atoms with van der Waals surface area (Å²) in [6, 6.07) is 13.8. The Morgan fingerprint density at radius 1 is 1.03 bits per heavy atom. The number of aromatic nitrogens is 4. The average Bonchev–Trinajstić information content (AvgIpc) is 3.31. The molecule has 0 aliphatic carbocycles. The summed E-state index contributed by atoms with van der Waals surface area (Å²) in [5.74, 6) is -0.336. The monoisotopic (exact) mass is 522 g/mol. The number of hydrogen-bond donors (Lipinski definition) is 1. The summed E-state index contributed by atoms with van der Waals surface area (Å²) in [6.45, 7) is 7.30. The number of rotatable bonds is 10. The van der Waals surface area contributed by atoms with Gasteiger partial charge in [0.25, 0.3) is 11.5 Å². The van der Waals surface area contributed by atoms with Gasteiger partial charge < -0.3 is 5.32 Å². The second-order valence-electron chi connectivity index (χ2n) is 8.64. The molecular formula is C26H30N6O4S. The maximum Gasteiger partial charge on any atom is 0.264 e. The Morgan fingerprint density at radius 3 is 2.35 bits per heavy atom. The molecule has 2 heterocycles. The van der Waals surface area contributed by atoms with Crippen molar-refractivity contribution in [2.24, 2.45) is 0 Å². The summed E-state index contributed by atoms with van der Waals surface area (Å²) in [5.41, 5.74) is 2.77. The molecule has 37 heavy (non-hydrogen) atoms. The average molecular weight is 523 g/mol. The molecular weight excluding hydrogens is 492 g/mol. The van der Waals surface area contributed by atoms with Crippen LogP contribution in [0.25, 0.3) is 11.0 Å². The van der Waals surface area contributed by atoms with Gasteiger partial charge in [-0.15, -0.1) is 0 Å². The van der Waals surface area contributed by atoms with Crippen LogP contribution in [0.4, 0.5) is 0 Å². The van der Waals surface area contributed by atoms with Crippen LogP contribution in [0.5, 0.6) is 0 Å². The summed E-state index contributed by atoms with van der Waals surface area (Å²) >= 11 is 0. The molecule has 4 aromatic rings. The molecule has 0 unspecified atom stereocenters. The second kappa shape index (κ2) is 11.1. The fourth-order valence-electron chi connectivity index (χ4n) is 4.03. The number of aryl methyl sites for hydroxylation is 1. The lowest BCUT2D eigenvalue weighted by Crippen LogP contribution is -2.31. The summed E-state index contributed by atoms with van der Waals surface area (Å²) in [6.07, 6.45) is 3.00. The molecule has 4 rings (SSSR count). The molecule has 194 valence electrons. The van der Waals surface area contributed by atoms with Crippen LogP contribution in [-0.2, 0) is 23.1 Å². The predicted octanol–water partition coefficient (Wildman–Crippen LogP) is 2.41. The van der Waals surface area contributed by atoms with E-state index in [4.69, 9.17) is 0 Å². The Kier molecular flexibility index (Phi) is 7.84. The van der Waals surface area contributed by atoms with E-state index in [1.807, 2.05) is 31.2 Å². The highest BCUT2D eigenvalue weighted by Crippen LogP contribution is 2.16. The number of carbonyl (C=O) groups is 1. The van der Waals surface area contributed by atoms with E-state index < -0.39 is 10.0 Å². The lowest BCUT2D eigenvalue weighted by molar-refractivity contribution is 0.0952. The smallest absolute Gasteiger partial charge is 0.264 e. The third kappa shape index (κ3) is 5.62. The molecule has 10 nitrogen and oxygen atoms in total. The summed E-state index contributed by atoms with van der Waals surface area (Å²) in [7, 11) is -3.58. The normalized spacial score (nSPS) is 11.8. The van der Waals surface area contributed by atoms with Crippen LogP contribution in [0, 0.1) is 6.92 Å². The van der Waals surface area contributed by atoms with Crippen LogP contribution in [0.15, 0.2) is 70.7 Å². The Hall–Kier alpha value is -3.83. The third-order valence-electron chi connectivity index (χ3n) is 6.16. The Morgan fingerprint density at radius 2 is 1.70 bits per heavy atom. The Bertz CT molecular complexity index is 1550. The van der Waals surface area contributed by atoms with Crippen molar-refractivity contribution in [1.29, 1.82) is 0 Å². The van der Waals surface area contributed by atoms with Crippen molar-refractivity contribution >= 4 is 27.0 Å². The van der Waals surface area contributed by atoms with Crippen LogP contribution >= 0.6 is 0 Å². The molecule has 0 aliphatic heterocycles. The molecule has 0 saturated heterocycles. The quantitative estimate of drug-likeness (QED) is 0.342. The van der Waals surface area contributed by atoms with Crippen LogP contribution < -0.4 is 10.9 Å². The van der Waals surface area contributed by atoms with Crippen LogP contribution in [-0.4, -0.2) is 57.6 Å². The first-order chi connectivity index (χ1) is 17.7. The van der Waals surface area contributed by atoms with E-state index in [0.29, 0.717) is 42.8 Å². The molecule has 0 saturated carbocycles. The van der Waals surface area contributed by atoms with Gasteiger partial charge >= 0.3 is 0 Å². The maximum atomic E-state index is 12.9. The van der Waals surface area contributed by atoms with Crippen molar-refractivity contribution in [1.82, 2.24) is 29.0 Å². The molecule has 0 spiro atoms. The van der Waals surface area contributed by atoms with E-state index in [-0.39, 0.29) is 22.9 Å². The molecule has 1 N–H and O–H groups in total. The molecule has 0 aliphatic rings. The zero-order valence-corrected chi connectivity index (χ0v) is 21.9. The van der Waals surface area contributed by atoms with E-state index >= 15 is 0 Å². The van der Waals surface area contributed by atoms with Crippen molar-refractivity contribution in [2.45, 2.75) is 38.8 Å². The number of carbonyl (C=O) groups excluding carboxylic acids is 1. The molecule has 0 bridgehead atoms. The molecule has 0 fully saturated rings. The SMILES string of the molecule is CCN(CC)S(=O)(=O)c1ccc(C(=O)NCCn2ncc3c(=O)n(Cc4ccc(C)cc4)cnc32)cc1. The highest BCUT2D eigenvalue weighted by atomic mass is 32.2. The van der Waals surface area contributed by atoms with Crippen molar-refractivity contribution in [3.63, 3.8) is 0 Å². The summed E-state index contributed by atoms with van der Waals surface area (Å²) < 4.78 is 29.7. The zero-order valence-electron chi connectivity index (χ0n) is 21.1. The number of amides is 1. The van der Waals surface area contributed by atoms with Gasteiger partial charge in [-0.2, -0.15) is 9.40 Å². The highest BCUT2D eigenvalue weighted by Gasteiger charge is 2.21. The van der Waals surface area contributed by atoms with Crippen molar-refractivity contribution in [3.8, 4) is 0 Å². The standard InChI is InChI=1S/C26H30N6O4S/c1-4-31(5-2)37(35,36)22-12-10-21(11-13-22)25(33)27-14-15-32-24-23(16-29-32)26(34)30(18-28-24)17-20-8-6-19(3)7-9-20/h6-13,16,18H,4-5,14-15,17H2,1-3H3,(H,27,33). The van der Waals surface area contributed by atoms with Crippen LogP contribution in [0.2, 0.25) is 0 Å². The summed E-state index contributed by atoms with van der Waals surface area (Å²) in [5, 5.41) is 7.48. The lowest BCUT2D eigenvalue weighted by atomic mass is 10.1. The minimum absolute atomic E-state index is 0.148. The van der Waals surface area contributed by atoms with E-state index in [9.17, 15) is 18.0 Å². The van der Waals surface area contributed by atoms with Crippen molar-refractivity contribution in [3.05, 3.63) is 88.1 Å². The van der Waals surface area contributed by atoms with Gasteiger partial charge in [0, 0.05) is 25.2 Å². The minimum Gasteiger partial charge on any atom is -0.350 e. The number of hydrogen-bond acceptors (Lipinski definition) is 6. The topological polar surface area (TPSA) is 119 Å². The molecule has 2 aromatic carbocycles. The van der Waals surface area contributed by atoms with Crippen LogP contribution in [0.1, 0.15) is 35.3 Å². The number of sulfonamides is 1. The van der Waals surface area contributed by atoms with E-state index in [0.717, 1.165) is 11.1 Å². The van der Waals surface area contributed by atoms with Crippen molar-refractivity contribution < 1.29 is 13.2 Å². The summed E-state index contributed by atoms with van der Waals surface area (Å²) in [4.78, 5) is 30.1. The third-order valence-corrected chi connectivity index (χ3v) is 8.23. The van der Waals surface area contributed by atoms with Gasteiger partial charge in [-0.25, -0.2) is 18.1 Å². The van der Waals surface area contributed by atoms with Gasteiger partial charge in [-0.3, -0.25) is 14.2 Å². The van der Waals surface area contributed by atoms with Crippen molar-refractivity contribution in [2.75, 3.05) is 19.6 Å². The first-order valence-corrected chi connectivity index (χ1v) is 13.5. The molecule has 2 aromatic heterocycles. The first-order valence-electron chi connectivity index (χ1n) is 12.1. The molecule has 1 amide bonds. The Balaban J connectivity index is 1.39. The predicted molar refractivity (Wildman–Crippen MR) is 141 cm³/mol. The van der Waals surface area contributed by atoms with Crippen LogP contribution in [0.3, 0.4) is 0 Å². The van der Waals surface area contributed by atoms with Gasteiger partial charge in [-0.1, -0.05) is 43.7 Å². The van der Waals surface area contributed by atoms with Gasteiger partial charge in [-0.05, 0) is 36.8 Å². The van der Waals surface area contributed by atoms with E-state index in [1.54, 1.807) is 23.1 Å². The Labute approximate surface area is 215 Å². The number of fused-ring (bicyclic) bond motifs is 1. The van der Waals surface area contributed by atoms with E-state index in [2.05, 4.69) is 15.4 Å². The highest BCUT2D eigenvalue weighted by molar-refractivity contribution is 7.89. The largest absolute Gasteiger partial charge is 0.350 e. The van der Waals surface area contributed by atoms with Gasteiger partial charge in [0.15, 0.2) is 5.65 Å². The lowest BCUT2D eigenvalue weighted by Gasteiger charge is -2.18. The fourth-order valence-corrected chi connectivity index (χ4v) is 5.49. The fraction of sp³-hybridized carbons (Fsp3) is 0.308. The van der Waals surface area contributed by atoms with Gasteiger partial charge in [0.05, 0.1) is 24.2 Å². The second-order valence-corrected chi connectivity index (χ2v) is 10.6. The maximum absolute atomic E-state index is 12.9. The minimum atomic E-state index is -3.58. The number of nitrogens with zero attached hydrogens (tertiary/aromatic N) is 5. The van der Waals surface area contributed by atoms with Gasteiger partial charge in [0.1, 0.15) is 11.7 Å². The molecule has 0 atom stereocenters. The number of benzene rings is 2. The molecule has 11 heteroatoms.